The number of non-ortho nitro benzene ring substituents is 1. The maximum Gasteiger partial charge on any atom is 0.271 e. The molecule has 5 heteroatoms. The molecule has 0 amide bonds. The average Bonchev–Trinajstić information content (AvgIpc) is 2.60. The number of benzene rings is 1. The van der Waals surface area contributed by atoms with Crippen molar-refractivity contribution in [2.45, 2.75) is 32.2 Å². The van der Waals surface area contributed by atoms with Crippen LogP contribution in [0.15, 0.2) is 18.2 Å². The summed E-state index contributed by atoms with van der Waals surface area (Å²) in [6.45, 7) is 6.66. The minimum absolute atomic E-state index is 0.0644. The molecule has 1 aliphatic rings. The monoisotopic (exact) mass is 248 g/mol. The van der Waals surface area contributed by atoms with E-state index in [1.807, 2.05) is 4.90 Å². The van der Waals surface area contributed by atoms with Crippen molar-refractivity contribution >= 4 is 17.7 Å². The first-order chi connectivity index (χ1) is 8.36. The molecule has 0 N–H and O–H groups in total. The number of carbonyl (C=O) groups excluding carboxylic acids is 1. The molecule has 1 aromatic carbocycles. The average molecular weight is 248 g/mol. The van der Waals surface area contributed by atoms with Crippen LogP contribution in [0, 0.1) is 10.1 Å². The van der Waals surface area contributed by atoms with Crippen molar-refractivity contribution in [3.8, 4) is 0 Å². The fourth-order valence-corrected chi connectivity index (χ4v) is 2.48. The number of nitro groups is 1. The van der Waals surface area contributed by atoms with E-state index in [1.165, 1.54) is 6.07 Å². The number of nitrogens with zero attached hydrogens (tertiary/aromatic N) is 2. The smallest absolute Gasteiger partial charge is 0.271 e. The molecule has 18 heavy (non-hydrogen) atoms. The fourth-order valence-electron chi connectivity index (χ4n) is 2.48. The molecule has 0 aliphatic carbocycles. The van der Waals surface area contributed by atoms with E-state index < -0.39 is 4.92 Å². The molecule has 1 heterocycles. The van der Waals surface area contributed by atoms with E-state index in [0.717, 1.165) is 17.5 Å². The number of fused-ring (bicyclic) bond motifs is 1. The van der Waals surface area contributed by atoms with E-state index in [-0.39, 0.29) is 17.1 Å². The van der Waals surface area contributed by atoms with Gasteiger partial charge < -0.3 is 9.69 Å². The molecule has 1 aromatic rings. The van der Waals surface area contributed by atoms with Crippen LogP contribution in [0.2, 0.25) is 0 Å². The Morgan fingerprint density at radius 3 is 2.72 bits per heavy atom. The van der Waals surface area contributed by atoms with Gasteiger partial charge in [0.15, 0.2) is 0 Å². The molecule has 0 aromatic heterocycles. The van der Waals surface area contributed by atoms with Gasteiger partial charge in [0.25, 0.3) is 5.69 Å². The lowest BCUT2D eigenvalue weighted by molar-refractivity contribution is -0.384. The Bertz CT molecular complexity index is 511. The Labute approximate surface area is 106 Å². The van der Waals surface area contributed by atoms with Gasteiger partial charge in [0.05, 0.1) is 11.0 Å². The van der Waals surface area contributed by atoms with E-state index >= 15 is 0 Å². The van der Waals surface area contributed by atoms with Crippen molar-refractivity contribution in [1.29, 1.82) is 0 Å². The normalized spacial score (nSPS) is 18.3. The van der Waals surface area contributed by atoms with E-state index in [0.29, 0.717) is 6.54 Å². The van der Waals surface area contributed by atoms with Crippen LogP contribution in [0.5, 0.6) is 0 Å². The highest BCUT2D eigenvalue weighted by Gasteiger charge is 2.37. The summed E-state index contributed by atoms with van der Waals surface area (Å²) >= 11 is 0. The maximum absolute atomic E-state index is 11.0. The van der Waals surface area contributed by atoms with Crippen LogP contribution in [-0.2, 0) is 10.2 Å². The van der Waals surface area contributed by atoms with Crippen molar-refractivity contribution in [2.24, 2.45) is 0 Å². The van der Waals surface area contributed by atoms with Gasteiger partial charge in [0.1, 0.15) is 6.29 Å². The van der Waals surface area contributed by atoms with E-state index in [2.05, 4.69) is 13.8 Å². The molecule has 0 spiro atoms. The zero-order chi connectivity index (χ0) is 13.5. The Morgan fingerprint density at radius 1 is 1.50 bits per heavy atom. The van der Waals surface area contributed by atoms with Crippen molar-refractivity contribution < 1.29 is 9.72 Å². The highest BCUT2D eigenvalue weighted by atomic mass is 16.6. The minimum atomic E-state index is -0.407. The van der Waals surface area contributed by atoms with Gasteiger partial charge in [-0.3, -0.25) is 10.1 Å². The van der Waals surface area contributed by atoms with Crippen LogP contribution in [0.25, 0.3) is 0 Å². The van der Waals surface area contributed by atoms with Crippen LogP contribution in [0.4, 0.5) is 11.4 Å². The molecule has 1 atom stereocenters. The van der Waals surface area contributed by atoms with Crippen LogP contribution in [0.1, 0.15) is 26.3 Å². The van der Waals surface area contributed by atoms with Gasteiger partial charge in [0, 0.05) is 29.8 Å². The summed E-state index contributed by atoms with van der Waals surface area (Å²) in [4.78, 5) is 23.3. The first kappa shape index (κ1) is 12.5. The maximum atomic E-state index is 11.0. The zero-order valence-corrected chi connectivity index (χ0v) is 10.7. The van der Waals surface area contributed by atoms with Crippen molar-refractivity contribution in [3.63, 3.8) is 0 Å². The van der Waals surface area contributed by atoms with Gasteiger partial charge in [-0.25, -0.2) is 0 Å². The lowest BCUT2D eigenvalue weighted by Gasteiger charge is -2.25. The standard InChI is InChI=1S/C13H16N2O3/c1-9(7-16)14-8-13(2,3)11-5-4-10(15(17)18)6-12(11)14/h4-7,9H,8H2,1-3H3. The molecule has 2 rings (SSSR count). The molecule has 1 unspecified atom stereocenters. The lowest BCUT2D eigenvalue weighted by atomic mass is 9.87. The Kier molecular flexibility index (Phi) is 2.84. The third-order valence-electron chi connectivity index (χ3n) is 3.48. The number of nitro benzene ring substituents is 1. The topological polar surface area (TPSA) is 63.5 Å². The van der Waals surface area contributed by atoms with Gasteiger partial charge in [0.2, 0.25) is 0 Å². The van der Waals surface area contributed by atoms with Gasteiger partial charge in [-0.05, 0) is 18.6 Å². The summed E-state index contributed by atoms with van der Waals surface area (Å²) in [6.07, 6.45) is 0.865. The predicted molar refractivity (Wildman–Crippen MR) is 69.0 cm³/mol. The molecule has 0 fully saturated rings. The summed E-state index contributed by atoms with van der Waals surface area (Å²) in [5, 5.41) is 10.8. The van der Waals surface area contributed by atoms with Crippen LogP contribution in [-0.4, -0.2) is 23.8 Å². The molecular weight excluding hydrogens is 232 g/mol. The Hall–Kier alpha value is -1.91. The van der Waals surface area contributed by atoms with Gasteiger partial charge in [-0.1, -0.05) is 13.8 Å². The lowest BCUT2D eigenvalue weighted by Crippen LogP contribution is -2.36. The largest absolute Gasteiger partial charge is 0.361 e. The molecule has 96 valence electrons. The summed E-state index contributed by atoms with van der Waals surface area (Å²) in [6, 6.07) is 4.61. The second-order valence-corrected chi connectivity index (χ2v) is 5.35. The number of rotatable bonds is 3. The molecule has 0 saturated heterocycles. The third kappa shape index (κ3) is 1.85. The minimum Gasteiger partial charge on any atom is -0.361 e. The number of hydrogen-bond acceptors (Lipinski definition) is 4. The fraction of sp³-hybridized carbons (Fsp3) is 0.462. The van der Waals surface area contributed by atoms with Crippen molar-refractivity contribution in [2.75, 3.05) is 11.4 Å². The molecule has 0 radical (unpaired) electrons. The second kappa shape index (κ2) is 4.08. The van der Waals surface area contributed by atoms with Crippen LogP contribution >= 0.6 is 0 Å². The van der Waals surface area contributed by atoms with Gasteiger partial charge in [-0.2, -0.15) is 0 Å². The number of aldehydes is 1. The van der Waals surface area contributed by atoms with E-state index in [4.69, 9.17) is 0 Å². The Balaban J connectivity index is 2.54. The van der Waals surface area contributed by atoms with E-state index in [9.17, 15) is 14.9 Å². The highest BCUT2D eigenvalue weighted by Crippen LogP contribution is 2.42. The summed E-state index contributed by atoms with van der Waals surface area (Å²) in [5.41, 5.74) is 1.83. The first-order valence-electron chi connectivity index (χ1n) is 5.87. The van der Waals surface area contributed by atoms with Gasteiger partial charge in [-0.15, -0.1) is 0 Å². The first-order valence-corrected chi connectivity index (χ1v) is 5.87. The summed E-state index contributed by atoms with van der Waals surface area (Å²) < 4.78 is 0. The molecule has 0 saturated carbocycles. The third-order valence-corrected chi connectivity index (χ3v) is 3.48. The summed E-state index contributed by atoms with van der Waals surface area (Å²) in [7, 11) is 0. The van der Waals surface area contributed by atoms with Crippen molar-refractivity contribution in [3.05, 3.63) is 33.9 Å². The molecule has 5 nitrogen and oxygen atoms in total. The van der Waals surface area contributed by atoms with Gasteiger partial charge >= 0.3 is 0 Å². The molecular formula is C13H16N2O3. The molecule has 0 bridgehead atoms. The zero-order valence-electron chi connectivity index (χ0n) is 10.7. The quantitative estimate of drug-likeness (QED) is 0.467. The van der Waals surface area contributed by atoms with Crippen LogP contribution in [0.3, 0.4) is 0 Å². The SMILES string of the molecule is CC(C=O)N1CC(C)(C)c2ccc([N+](=O)[O-])cc21. The van der Waals surface area contributed by atoms with E-state index in [1.54, 1.807) is 19.1 Å². The highest BCUT2D eigenvalue weighted by molar-refractivity contribution is 5.73. The second-order valence-electron chi connectivity index (χ2n) is 5.35. The Morgan fingerprint density at radius 2 is 2.17 bits per heavy atom. The number of anilines is 1. The van der Waals surface area contributed by atoms with Crippen molar-refractivity contribution in [1.82, 2.24) is 0 Å². The predicted octanol–water partition coefficient (Wildman–Crippen LogP) is 2.28. The van der Waals surface area contributed by atoms with Crippen LogP contribution < -0.4 is 4.90 Å². The number of carbonyl (C=O) groups is 1. The number of hydrogen-bond donors (Lipinski definition) is 0. The summed E-state index contributed by atoms with van der Waals surface area (Å²) in [5.74, 6) is 0. The molecule has 1 aliphatic heterocycles.